The first kappa shape index (κ1) is 11.9. The van der Waals surface area contributed by atoms with E-state index < -0.39 is 0 Å². The number of nitrogens with two attached hydrogens (primary N) is 1. The van der Waals surface area contributed by atoms with E-state index in [2.05, 4.69) is 17.1 Å². The molecule has 2 rings (SSSR count). The number of hydrogen-bond acceptors (Lipinski definition) is 5. The van der Waals surface area contributed by atoms with Gasteiger partial charge >= 0.3 is 0 Å². The van der Waals surface area contributed by atoms with Crippen LogP contribution in [0.4, 0.5) is 0 Å². The first-order valence-electron chi connectivity index (χ1n) is 5.87. The van der Waals surface area contributed by atoms with Gasteiger partial charge < -0.3 is 10.3 Å². The predicted octanol–water partition coefficient (Wildman–Crippen LogP) is 1.99. The van der Waals surface area contributed by atoms with Gasteiger partial charge in [-0.1, -0.05) is 18.5 Å². The average Bonchev–Trinajstić information content (AvgIpc) is 2.68. The molecule has 16 heavy (non-hydrogen) atoms. The maximum Gasteiger partial charge on any atom is 0.227 e. The molecule has 5 heteroatoms. The maximum atomic E-state index is 5.81. The van der Waals surface area contributed by atoms with Gasteiger partial charge in [0.25, 0.3) is 0 Å². The van der Waals surface area contributed by atoms with Crippen LogP contribution in [-0.4, -0.2) is 22.4 Å². The molecule has 1 aliphatic rings. The molecule has 1 saturated carbocycles. The van der Waals surface area contributed by atoms with E-state index in [1.807, 2.05) is 11.8 Å². The smallest absolute Gasteiger partial charge is 0.227 e. The van der Waals surface area contributed by atoms with Crippen LogP contribution in [0.15, 0.2) is 4.52 Å². The van der Waals surface area contributed by atoms with Gasteiger partial charge in [-0.2, -0.15) is 16.7 Å². The van der Waals surface area contributed by atoms with E-state index in [-0.39, 0.29) is 5.41 Å². The molecule has 0 saturated heterocycles. The van der Waals surface area contributed by atoms with Gasteiger partial charge in [-0.25, -0.2) is 0 Å². The SMILES string of the molecule is CCSCc1noc(CC2(CN)CCC2)n1. The molecule has 0 bridgehead atoms. The highest BCUT2D eigenvalue weighted by Crippen LogP contribution is 2.42. The van der Waals surface area contributed by atoms with Crippen LogP contribution in [-0.2, 0) is 12.2 Å². The Balaban J connectivity index is 1.91. The standard InChI is InChI=1S/C11H19N3OS/c1-2-16-7-9-13-10(15-14-9)6-11(8-12)4-3-5-11/h2-8,12H2,1H3. The maximum absolute atomic E-state index is 5.81. The largest absolute Gasteiger partial charge is 0.339 e. The molecule has 0 unspecified atom stereocenters. The molecule has 2 N–H and O–H groups in total. The quantitative estimate of drug-likeness (QED) is 0.825. The lowest BCUT2D eigenvalue weighted by atomic mass is 9.67. The molecule has 0 aromatic carbocycles. The molecular weight excluding hydrogens is 222 g/mol. The van der Waals surface area contributed by atoms with Crippen LogP contribution in [0.1, 0.15) is 37.9 Å². The Kier molecular flexibility index (Phi) is 3.86. The van der Waals surface area contributed by atoms with E-state index in [1.54, 1.807) is 0 Å². The van der Waals surface area contributed by atoms with Crippen molar-refractivity contribution in [3.63, 3.8) is 0 Å². The Bertz CT molecular complexity index is 330. The third kappa shape index (κ3) is 2.58. The zero-order valence-corrected chi connectivity index (χ0v) is 10.6. The first-order chi connectivity index (χ1) is 7.78. The van der Waals surface area contributed by atoms with Crippen molar-refractivity contribution in [3.8, 4) is 0 Å². The fraction of sp³-hybridized carbons (Fsp3) is 0.818. The van der Waals surface area contributed by atoms with Crippen molar-refractivity contribution in [2.24, 2.45) is 11.1 Å². The minimum atomic E-state index is 0.252. The van der Waals surface area contributed by atoms with Gasteiger partial charge in [-0.15, -0.1) is 0 Å². The molecule has 1 aliphatic carbocycles. The van der Waals surface area contributed by atoms with Crippen molar-refractivity contribution in [2.45, 2.75) is 38.4 Å². The van der Waals surface area contributed by atoms with Gasteiger partial charge in [-0.05, 0) is 30.6 Å². The van der Waals surface area contributed by atoms with Crippen LogP contribution >= 0.6 is 11.8 Å². The summed E-state index contributed by atoms with van der Waals surface area (Å²) in [5.41, 5.74) is 6.06. The Labute approximate surface area is 100 Å². The predicted molar refractivity (Wildman–Crippen MR) is 65.2 cm³/mol. The summed E-state index contributed by atoms with van der Waals surface area (Å²) < 4.78 is 5.26. The van der Waals surface area contributed by atoms with Gasteiger partial charge in [0, 0.05) is 6.42 Å². The van der Waals surface area contributed by atoms with E-state index in [1.165, 1.54) is 19.3 Å². The van der Waals surface area contributed by atoms with E-state index in [4.69, 9.17) is 10.3 Å². The van der Waals surface area contributed by atoms with E-state index in [9.17, 15) is 0 Å². The van der Waals surface area contributed by atoms with Crippen molar-refractivity contribution in [1.82, 2.24) is 10.1 Å². The molecule has 0 spiro atoms. The Morgan fingerprint density at radius 2 is 2.31 bits per heavy atom. The lowest BCUT2D eigenvalue weighted by Gasteiger charge is -2.39. The lowest BCUT2D eigenvalue weighted by Crippen LogP contribution is -2.39. The third-order valence-electron chi connectivity index (χ3n) is 3.32. The minimum Gasteiger partial charge on any atom is -0.339 e. The summed E-state index contributed by atoms with van der Waals surface area (Å²) >= 11 is 1.81. The molecule has 1 fully saturated rings. The first-order valence-corrected chi connectivity index (χ1v) is 7.03. The van der Waals surface area contributed by atoms with Crippen LogP contribution in [0, 0.1) is 5.41 Å². The molecule has 90 valence electrons. The van der Waals surface area contributed by atoms with Crippen molar-refractivity contribution in [2.75, 3.05) is 12.3 Å². The van der Waals surface area contributed by atoms with E-state index in [0.29, 0.717) is 0 Å². The normalized spacial score (nSPS) is 18.4. The van der Waals surface area contributed by atoms with Crippen molar-refractivity contribution in [3.05, 3.63) is 11.7 Å². The molecule has 0 aliphatic heterocycles. The summed E-state index contributed by atoms with van der Waals surface area (Å²) in [5.74, 6) is 3.50. The minimum absolute atomic E-state index is 0.252. The van der Waals surface area contributed by atoms with Crippen LogP contribution in [0.2, 0.25) is 0 Å². The van der Waals surface area contributed by atoms with Gasteiger partial charge in [0.05, 0.1) is 5.75 Å². The summed E-state index contributed by atoms with van der Waals surface area (Å²) in [4.78, 5) is 4.41. The molecule has 1 heterocycles. The molecule has 1 aromatic rings. The highest BCUT2D eigenvalue weighted by atomic mass is 32.2. The summed E-state index contributed by atoms with van der Waals surface area (Å²) in [7, 11) is 0. The van der Waals surface area contributed by atoms with Gasteiger partial charge in [0.15, 0.2) is 5.82 Å². The monoisotopic (exact) mass is 241 g/mol. The Morgan fingerprint density at radius 3 is 2.88 bits per heavy atom. The molecule has 0 amide bonds. The second-order valence-electron chi connectivity index (χ2n) is 4.48. The molecule has 0 atom stereocenters. The Morgan fingerprint density at radius 1 is 1.50 bits per heavy atom. The highest BCUT2D eigenvalue weighted by Gasteiger charge is 2.37. The van der Waals surface area contributed by atoms with Crippen LogP contribution < -0.4 is 5.73 Å². The molecule has 4 nitrogen and oxygen atoms in total. The van der Waals surface area contributed by atoms with Crippen LogP contribution in [0.3, 0.4) is 0 Å². The molecular formula is C11H19N3OS. The van der Waals surface area contributed by atoms with Gasteiger partial charge in [-0.3, -0.25) is 0 Å². The van der Waals surface area contributed by atoms with Crippen LogP contribution in [0.5, 0.6) is 0 Å². The van der Waals surface area contributed by atoms with Gasteiger partial charge in [0.2, 0.25) is 5.89 Å². The second-order valence-corrected chi connectivity index (χ2v) is 5.75. The fourth-order valence-electron chi connectivity index (χ4n) is 2.06. The molecule has 0 radical (unpaired) electrons. The summed E-state index contributed by atoms with van der Waals surface area (Å²) in [6, 6.07) is 0. The zero-order valence-electron chi connectivity index (χ0n) is 9.74. The number of rotatable bonds is 6. The van der Waals surface area contributed by atoms with Crippen molar-refractivity contribution < 1.29 is 4.52 Å². The fourth-order valence-corrected chi connectivity index (χ4v) is 2.57. The number of nitrogens with zero attached hydrogens (tertiary/aromatic N) is 2. The van der Waals surface area contributed by atoms with Gasteiger partial charge in [0.1, 0.15) is 0 Å². The van der Waals surface area contributed by atoms with E-state index >= 15 is 0 Å². The summed E-state index contributed by atoms with van der Waals surface area (Å²) in [6.07, 6.45) is 4.53. The third-order valence-corrected chi connectivity index (χ3v) is 4.19. The summed E-state index contributed by atoms with van der Waals surface area (Å²) in [5, 5.41) is 3.98. The second kappa shape index (κ2) is 5.19. The Hall–Kier alpha value is -0.550. The van der Waals surface area contributed by atoms with Crippen molar-refractivity contribution in [1.29, 1.82) is 0 Å². The lowest BCUT2D eigenvalue weighted by molar-refractivity contribution is 0.129. The number of thioether (sulfide) groups is 1. The van der Waals surface area contributed by atoms with Crippen molar-refractivity contribution >= 4 is 11.8 Å². The highest BCUT2D eigenvalue weighted by molar-refractivity contribution is 7.98. The topological polar surface area (TPSA) is 64.9 Å². The summed E-state index contributed by atoms with van der Waals surface area (Å²) in [6.45, 7) is 2.86. The van der Waals surface area contributed by atoms with E-state index in [0.717, 1.165) is 36.2 Å². The molecule has 1 aromatic heterocycles. The number of aromatic nitrogens is 2. The van der Waals surface area contributed by atoms with Crippen LogP contribution in [0.25, 0.3) is 0 Å². The average molecular weight is 241 g/mol. The zero-order chi connectivity index (χ0) is 11.4. The number of hydrogen-bond donors (Lipinski definition) is 1.